The zero-order valence-corrected chi connectivity index (χ0v) is 15.1. The summed E-state index contributed by atoms with van der Waals surface area (Å²) < 4.78 is 5.87. The second-order valence-corrected chi connectivity index (χ2v) is 6.42. The highest BCUT2D eigenvalue weighted by molar-refractivity contribution is 5.36. The van der Waals surface area contributed by atoms with E-state index >= 15 is 0 Å². The van der Waals surface area contributed by atoms with E-state index in [1.54, 1.807) is 0 Å². The Labute approximate surface area is 150 Å². The predicted octanol–water partition coefficient (Wildman–Crippen LogP) is 3.19. The molecule has 5 heteroatoms. The Hall–Kier alpha value is -1.92. The summed E-state index contributed by atoms with van der Waals surface area (Å²) in [5.41, 5.74) is 9.00. The molecule has 136 valence electrons. The van der Waals surface area contributed by atoms with Crippen molar-refractivity contribution < 1.29 is 9.57 Å². The van der Waals surface area contributed by atoms with Crippen LogP contribution >= 0.6 is 0 Å². The van der Waals surface area contributed by atoms with Crippen LogP contribution in [0.2, 0.25) is 0 Å². The van der Waals surface area contributed by atoms with Crippen LogP contribution < -0.4 is 21.5 Å². The number of nitrogens with two attached hydrogens (primary N) is 1. The standard InChI is InChI=1S/C20H29N3O2/c1-16(2)15-24-19-11-6-10-18(14-19)20(17-8-4-3-5-9-17)23-22-12-7-13-25-21/h3-6,8-11,14,16,20,22-23H,7,12-13,15,21H2,1-2H3. The van der Waals surface area contributed by atoms with E-state index in [0.717, 1.165) is 24.3 Å². The summed E-state index contributed by atoms with van der Waals surface area (Å²) in [6.07, 6.45) is 0.836. The van der Waals surface area contributed by atoms with Gasteiger partial charge in [0.25, 0.3) is 0 Å². The fourth-order valence-corrected chi connectivity index (χ4v) is 2.47. The van der Waals surface area contributed by atoms with Crippen LogP contribution in [-0.2, 0) is 4.84 Å². The molecule has 0 saturated carbocycles. The van der Waals surface area contributed by atoms with E-state index in [9.17, 15) is 0 Å². The van der Waals surface area contributed by atoms with Gasteiger partial charge in [-0.05, 0) is 35.6 Å². The molecule has 0 aliphatic heterocycles. The number of hydrogen-bond acceptors (Lipinski definition) is 5. The number of benzene rings is 2. The van der Waals surface area contributed by atoms with Crippen molar-refractivity contribution in [2.75, 3.05) is 19.8 Å². The minimum Gasteiger partial charge on any atom is -0.493 e. The Morgan fingerprint density at radius 3 is 2.48 bits per heavy atom. The topological polar surface area (TPSA) is 68.5 Å². The molecule has 0 spiro atoms. The van der Waals surface area contributed by atoms with E-state index in [0.29, 0.717) is 19.1 Å². The largest absolute Gasteiger partial charge is 0.493 e. The predicted molar refractivity (Wildman–Crippen MR) is 101 cm³/mol. The number of hydrogen-bond donors (Lipinski definition) is 3. The third-order valence-corrected chi connectivity index (χ3v) is 3.72. The Kier molecular flexibility index (Phi) is 8.42. The first-order valence-electron chi connectivity index (χ1n) is 8.78. The number of hydrazine groups is 1. The Balaban J connectivity index is 2.10. The minimum absolute atomic E-state index is 0.0302. The molecule has 2 rings (SSSR count). The molecule has 25 heavy (non-hydrogen) atoms. The number of rotatable bonds is 11. The van der Waals surface area contributed by atoms with Gasteiger partial charge in [-0.3, -0.25) is 5.43 Å². The first-order valence-corrected chi connectivity index (χ1v) is 8.78. The molecule has 0 aromatic heterocycles. The summed E-state index contributed by atoms with van der Waals surface area (Å²) in [7, 11) is 0. The zero-order chi connectivity index (χ0) is 17.9. The molecule has 0 fully saturated rings. The van der Waals surface area contributed by atoms with Gasteiger partial charge in [0.2, 0.25) is 0 Å². The lowest BCUT2D eigenvalue weighted by Gasteiger charge is -2.21. The molecule has 0 saturated heterocycles. The van der Waals surface area contributed by atoms with Crippen molar-refractivity contribution in [2.45, 2.75) is 26.3 Å². The maximum Gasteiger partial charge on any atom is 0.119 e. The van der Waals surface area contributed by atoms with Crippen LogP contribution in [0.4, 0.5) is 0 Å². The smallest absolute Gasteiger partial charge is 0.119 e. The normalized spacial score (nSPS) is 12.3. The van der Waals surface area contributed by atoms with E-state index in [-0.39, 0.29) is 6.04 Å². The lowest BCUT2D eigenvalue weighted by atomic mass is 9.99. The molecule has 1 atom stereocenters. The molecule has 0 radical (unpaired) electrons. The molecule has 0 amide bonds. The quantitative estimate of drug-likeness (QED) is 0.432. The van der Waals surface area contributed by atoms with Gasteiger partial charge in [0.1, 0.15) is 5.75 Å². The third kappa shape index (κ3) is 6.84. The molecule has 5 nitrogen and oxygen atoms in total. The van der Waals surface area contributed by atoms with Gasteiger partial charge in [-0.1, -0.05) is 56.3 Å². The van der Waals surface area contributed by atoms with Gasteiger partial charge in [-0.25, -0.2) is 11.3 Å². The molecule has 0 aliphatic carbocycles. The van der Waals surface area contributed by atoms with Crippen molar-refractivity contribution in [2.24, 2.45) is 11.8 Å². The minimum atomic E-state index is 0.0302. The molecule has 0 bridgehead atoms. The highest BCUT2D eigenvalue weighted by atomic mass is 16.6. The van der Waals surface area contributed by atoms with Crippen molar-refractivity contribution in [1.82, 2.24) is 10.9 Å². The van der Waals surface area contributed by atoms with Gasteiger partial charge in [0.05, 0.1) is 19.3 Å². The van der Waals surface area contributed by atoms with Crippen LogP contribution in [0.25, 0.3) is 0 Å². The highest BCUT2D eigenvalue weighted by Crippen LogP contribution is 2.25. The summed E-state index contributed by atoms with van der Waals surface area (Å²) in [5.74, 6) is 6.45. The molecule has 2 aromatic rings. The van der Waals surface area contributed by atoms with E-state index in [4.69, 9.17) is 10.6 Å². The first-order chi connectivity index (χ1) is 12.2. The maximum atomic E-state index is 5.87. The van der Waals surface area contributed by atoms with Crippen molar-refractivity contribution in [3.8, 4) is 5.75 Å². The van der Waals surface area contributed by atoms with Crippen LogP contribution in [0.3, 0.4) is 0 Å². The summed E-state index contributed by atoms with van der Waals surface area (Å²) in [6.45, 7) is 6.30. The second kappa shape index (κ2) is 10.8. The Morgan fingerprint density at radius 2 is 1.76 bits per heavy atom. The van der Waals surface area contributed by atoms with E-state index in [2.05, 4.69) is 53.8 Å². The van der Waals surface area contributed by atoms with Crippen molar-refractivity contribution in [3.05, 3.63) is 65.7 Å². The molecule has 0 heterocycles. The lowest BCUT2D eigenvalue weighted by Crippen LogP contribution is -2.37. The van der Waals surface area contributed by atoms with Gasteiger partial charge in [-0.2, -0.15) is 0 Å². The average molecular weight is 343 g/mol. The van der Waals surface area contributed by atoms with Crippen molar-refractivity contribution in [3.63, 3.8) is 0 Å². The fourth-order valence-electron chi connectivity index (χ4n) is 2.47. The third-order valence-electron chi connectivity index (χ3n) is 3.72. The zero-order valence-electron chi connectivity index (χ0n) is 15.1. The van der Waals surface area contributed by atoms with Crippen LogP contribution in [0.1, 0.15) is 37.4 Å². The fraction of sp³-hybridized carbons (Fsp3) is 0.400. The molecule has 0 aliphatic rings. The van der Waals surface area contributed by atoms with E-state index < -0.39 is 0 Å². The molecular formula is C20H29N3O2. The number of ether oxygens (including phenoxy) is 1. The van der Waals surface area contributed by atoms with Gasteiger partial charge in [-0.15, -0.1) is 0 Å². The first kappa shape index (κ1) is 19.4. The molecule has 4 N–H and O–H groups in total. The van der Waals surface area contributed by atoms with E-state index in [1.807, 2.05) is 30.3 Å². The van der Waals surface area contributed by atoms with Gasteiger partial charge < -0.3 is 9.57 Å². The molecule has 1 unspecified atom stereocenters. The van der Waals surface area contributed by atoms with Gasteiger partial charge in [0.15, 0.2) is 0 Å². The molecule has 2 aromatic carbocycles. The van der Waals surface area contributed by atoms with Crippen LogP contribution in [0.15, 0.2) is 54.6 Å². The summed E-state index contributed by atoms with van der Waals surface area (Å²) in [5, 5.41) is 0. The van der Waals surface area contributed by atoms with E-state index in [1.165, 1.54) is 5.56 Å². The summed E-state index contributed by atoms with van der Waals surface area (Å²) >= 11 is 0. The summed E-state index contributed by atoms with van der Waals surface area (Å²) in [6, 6.07) is 18.6. The van der Waals surface area contributed by atoms with Gasteiger partial charge >= 0.3 is 0 Å². The average Bonchev–Trinajstić information content (AvgIpc) is 2.64. The maximum absolute atomic E-state index is 5.87. The van der Waals surface area contributed by atoms with Gasteiger partial charge in [0, 0.05) is 6.54 Å². The Morgan fingerprint density at radius 1 is 1.00 bits per heavy atom. The van der Waals surface area contributed by atoms with Crippen LogP contribution in [0, 0.1) is 5.92 Å². The highest BCUT2D eigenvalue weighted by Gasteiger charge is 2.14. The van der Waals surface area contributed by atoms with Crippen molar-refractivity contribution >= 4 is 0 Å². The number of nitrogens with one attached hydrogen (secondary N) is 2. The van der Waals surface area contributed by atoms with Crippen molar-refractivity contribution in [1.29, 1.82) is 0 Å². The van der Waals surface area contributed by atoms with Crippen LogP contribution in [-0.4, -0.2) is 19.8 Å². The lowest BCUT2D eigenvalue weighted by molar-refractivity contribution is 0.134. The molecular weight excluding hydrogens is 314 g/mol. The second-order valence-electron chi connectivity index (χ2n) is 6.42. The SMILES string of the molecule is CC(C)COc1cccc(C(NNCCCON)c2ccccc2)c1. The Bertz CT molecular complexity index is 605. The monoisotopic (exact) mass is 343 g/mol. The summed E-state index contributed by atoms with van der Waals surface area (Å²) in [4.78, 5) is 4.60. The van der Waals surface area contributed by atoms with Crippen LogP contribution in [0.5, 0.6) is 5.75 Å².